The maximum absolute atomic E-state index is 6.13. The Morgan fingerprint density at radius 3 is 2.90 bits per heavy atom. The van der Waals surface area contributed by atoms with Gasteiger partial charge in [-0.3, -0.25) is 0 Å². The normalized spacial score (nSPS) is 28.8. The van der Waals surface area contributed by atoms with Crippen molar-refractivity contribution in [2.45, 2.75) is 31.8 Å². The number of nitrogens with one attached hydrogen (secondary N) is 1. The van der Waals surface area contributed by atoms with Crippen LogP contribution < -0.4 is 10.1 Å². The topological polar surface area (TPSA) is 30.5 Å². The Bertz CT molecular complexity index is 504. The van der Waals surface area contributed by atoms with Gasteiger partial charge in [0.25, 0.3) is 0 Å². The predicted molar refractivity (Wildman–Crippen MR) is 87.8 cm³/mol. The second kappa shape index (κ2) is 6.27. The fourth-order valence-electron chi connectivity index (χ4n) is 3.73. The molecule has 1 saturated heterocycles. The number of hydrogen-bond acceptors (Lipinski definition) is 3. The lowest BCUT2D eigenvalue weighted by Crippen LogP contribution is -2.42. The van der Waals surface area contributed by atoms with Gasteiger partial charge < -0.3 is 14.8 Å². The van der Waals surface area contributed by atoms with Crippen LogP contribution in [0.1, 0.15) is 24.8 Å². The number of ether oxygens (including phenoxy) is 2. The zero-order valence-corrected chi connectivity index (χ0v) is 14.4. The van der Waals surface area contributed by atoms with Crippen LogP contribution >= 0.6 is 15.9 Å². The van der Waals surface area contributed by atoms with Crippen LogP contribution in [0.4, 0.5) is 0 Å². The second-order valence-electron chi connectivity index (χ2n) is 6.41. The van der Waals surface area contributed by atoms with E-state index in [1.54, 1.807) is 7.11 Å². The summed E-state index contributed by atoms with van der Waals surface area (Å²) in [5, 5.41) is 3.40. The molecule has 0 bridgehead atoms. The maximum atomic E-state index is 6.13. The van der Waals surface area contributed by atoms with Gasteiger partial charge in [0.05, 0.1) is 13.2 Å². The lowest BCUT2D eigenvalue weighted by atomic mass is 9.74. The molecule has 116 valence electrons. The van der Waals surface area contributed by atoms with Crippen molar-refractivity contribution < 1.29 is 9.47 Å². The van der Waals surface area contributed by atoms with Crippen LogP contribution in [0.15, 0.2) is 22.7 Å². The Morgan fingerprint density at radius 2 is 2.24 bits per heavy atom. The fraction of sp³-hybridized carbons (Fsp3) is 0.647. The molecule has 1 heterocycles. The molecule has 1 aliphatic carbocycles. The van der Waals surface area contributed by atoms with E-state index in [-0.39, 0.29) is 5.41 Å². The molecule has 1 aromatic rings. The molecule has 0 spiro atoms. The summed E-state index contributed by atoms with van der Waals surface area (Å²) in [4.78, 5) is 0. The second-order valence-corrected chi connectivity index (χ2v) is 7.26. The quantitative estimate of drug-likeness (QED) is 0.849. The molecule has 21 heavy (non-hydrogen) atoms. The first kappa shape index (κ1) is 15.3. The summed E-state index contributed by atoms with van der Waals surface area (Å²) in [7, 11) is 3.77. The van der Waals surface area contributed by atoms with E-state index < -0.39 is 0 Å². The van der Waals surface area contributed by atoms with Gasteiger partial charge in [-0.05, 0) is 62.4 Å². The molecule has 3 nitrogen and oxygen atoms in total. The average molecular weight is 354 g/mol. The Hall–Kier alpha value is -0.580. The highest BCUT2D eigenvalue weighted by Gasteiger charge is 2.50. The summed E-state index contributed by atoms with van der Waals surface area (Å²) in [5.74, 6) is 1.69. The zero-order chi connectivity index (χ0) is 14.9. The summed E-state index contributed by atoms with van der Waals surface area (Å²) in [6.45, 7) is 1.91. The summed E-state index contributed by atoms with van der Waals surface area (Å²) < 4.78 is 12.7. The standard InChI is InChI=1S/C17H24BrNO2/c1-19-11-17(7-8-21-16(17)12-3-4-12)10-13-9-14(20-2)5-6-15(13)18/h5-6,9,12,16,19H,3-4,7-8,10-11H2,1-2H3. The highest BCUT2D eigenvalue weighted by molar-refractivity contribution is 9.10. The Balaban J connectivity index is 1.88. The number of benzene rings is 1. The van der Waals surface area contributed by atoms with Gasteiger partial charge in [0, 0.05) is 23.0 Å². The number of methoxy groups -OCH3 is 1. The van der Waals surface area contributed by atoms with Crippen molar-refractivity contribution in [3.63, 3.8) is 0 Å². The molecule has 2 aliphatic rings. The maximum Gasteiger partial charge on any atom is 0.119 e. The van der Waals surface area contributed by atoms with Crippen molar-refractivity contribution in [1.82, 2.24) is 5.32 Å². The van der Waals surface area contributed by atoms with Gasteiger partial charge >= 0.3 is 0 Å². The monoisotopic (exact) mass is 353 g/mol. The number of rotatable bonds is 6. The minimum absolute atomic E-state index is 0.213. The third-order valence-electron chi connectivity index (χ3n) is 4.88. The largest absolute Gasteiger partial charge is 0.497 e. The molecule has 0 amide bonds. The van der Waals surface area contributed by atoms with Gasteiger partial charge in [-0.25, -0.2) is 0 Å². The first-order valence-corrected chi connectivity index (χ1v) is 8.56. The molecule has 1 aromatic carbocycles. The lowest BCUT2D eigenvalue weighted by molar-refractivity contribution is 0.0314. The van der Waals surface area contributed by atoms with Crippen molar-refractivity contribution in [3.05, 3.63) is 28.2 Å². The van der Waals surface area contributed by atoms with E-state index in [0.29, 0.717) is 6.10 Å². The molecule has 1 aliphatic heterocycles. The smallest absolute Gasteiger partial charge is 0.119 e. The molecule has 1 saturated carbocycles. The molecule has 2 fully saturated rings. The molecule has 2 atom stereocenters. The van der Waals surface area contributed by atoms with E-state index in [9.17, 15) is 0 Å². The molecular formula is C17H24BrNO2. The van der Waals surface area contributed by atoms with Gasteiger partial charge in [0.2, 0.25) is 0 Å². The first-order chi connectivity index (χ1) is 10.2. The van der Waals surface area contributed by atoms with Crippen LogP contribution in [0.3, 0.4) is 0 Å². The first-order valence-electron chi connectivity index (χ1n) is 7.77. The van der Waals surface area contributed by atoms with E-state index in [2.05, 4.69) is 33.4 Å². The molecule has 2 unspecified atom stereocenters. The van der Waals surface area contributed by atoms with Crippen molar-refractivity contribution >= 4 is 15.9 Å². The lowest BCUT2D eigenvalue weighted by Gasteiger charge is -2.35. The molecule has 1 N–H and O–H groups in total. The van der Waals surface area contributed by atoms with Crippen LogP contribution in [0.5, 0.6) is 5.75 Å². The Morgan fingerprint density at radius 1 is 1.43 bits per heavy atom. The highest BCUT2D eigenvalue weighted by Crippen LogP contribution is 2.49. The Kier molecular flexibility index (Phi) is 4.57. The van der Waals surface area contributed by atoms with Crippen LogP contribution in [-0.4, -0.2) is 33.4 Å². The Labute approximate surface area is 135 Å². The molecule has 0 radical (unpaired) electrons. The molecular weight excluding hydrogens is 330 g/mol. The van der Waals surface area contributed by atoms with Crippen molar-refractivity contribution in [2.24, 2.45) is 11.3 Å². The summed E-state index contributed by atoms with van der Waals surface area (Å²) in [6.07, 6.45) is 5.24. The summed E-state index contributed by atoms with van der Waals surface area (Å²) >= 11 is 3.70. The van der Waals surface area contributed by atoms with E-state index >= 15 is 0 Å². The minimum atomic E-state index is 0.213. The summed E-state index contributed by atoms with van der Waals surface area (Å²) in [5.41, 5.74) is 1.53. The molecule has 0 aromatic heterocycles. The van der Waals surface area contributed by atoms with E-state index in [4.69, 9.17) is 9.47 Å². The number of halogens is 1. The van der Waals surface area contributed by atoms with E-state index in [0.717, 1.165) is 37.7 Å². The zero-order valence-electron chi connectivity index (χ0n) is 12.8. The van der Waals surface area contributed by atoms with Crippen LogP contribution in [0, 0.1) is 11.3 Å². The van der Waals surface area contributed by atoms with Crippen LogP contribution in [0.25, 0.3) is 0 Å². The number of hydrogen-bond donors (Lipinski definition) is 1. The van der Waals surface area contributed by atoms with Gasteiger partial charge in [0.1, 0.15) is 5.75 Å². The van der Waals surface area contributed by atoms with Gasteiger partial charge in [-0.1, -0.05) is 15.9 Å². The molecule has 3 rings (SSSR count). The SMILES string of the molecule is CNCC1(Cc2cc(OC)ccc2Br)CCOC1C1CC1. The van der Waals surface area contributed by atoms with Gasteiger partial charge in [0.15, 0.2) is 0 Å². The third kappa shape index (κ3) is 3.13. The minimum Gasteiger partial charge on any atom is -0.497 e. The summed E-state index contributed by atoms with van der Waals surface area (Å²) in [6, 6.07) is 6.24. The van der Waals surface area contributed by atoms with Crippen LogP contribution in [0.2, 0.25) is 0 Å². The van der Waals surface area contributed by atoms with Gasteiger partial charge in [-0.2, -0.15) is 0 Å². The van der Waals surface area contributed by atoms with Crippen molar-refractivity contribution in [1.29, 1.82) is 0 Å². The highest BCUT2D eigenvalue weighted by atomic mass is 79.9. The fourth-order valence-corrected chi connectivity index (χ4v) is 4.12. The van der Waals surface area contributed by atoms with Crippen molar-refractivity contribution in [2.75, 3.05) is 27.3 Å². The predicted octanol–water partition coefficient (Wildman–Crippen LogP) is 3.40. The third-order valence-corrected chi connectivity index (χ3v) is 5.65. The van der Waals surface area contributed by atoms with Crippen LogP contribution in [-0.2, 0) is 11.2 Å². The average Bonchev–Trinajstić information content (AvgIpc) is 3.24. The molecule has 4 heteroatoms. The van der Waals surface area contributed by atoms with Gasteiger partial charge in [-0.15, -0.1) is 0 Å². The van der Waals surface area contributed by atoms with Crippen molar-refractivity contribution in [3.8, 4) is 5.75 Å². The van der Waals surface area contributed by atoms with E-state index in [1.807, 2.05) is 13.1 Å². The van der Waals surface area contributed by atoms with E-state index in [1.165, 1.54) is 22.9 Å².